The molecular weight excluding hydrogens is 224 g/mol. The molecule has 0 aromatic heterocycles. The highest BCUT2D eigenvalue weighted by atomic mass is 16.2. The van der Waals surface area contributed by atoms with Crippen molar-refractivity contribution in [3.05, 3.63) is 35.9 Å². The molecule has 1 aromatic rings. The molecule has 100 valence electrons. The molecule has 2 atom stereocenters. The van der Waals surface area contributed by atoms with E-state index in [4.69, 9.17) is 5.73 Å². The van der Waals surface area contributed by atoms with Gasteiger partial charge in [0.15, 0.2) is 0 Å². The highest BCUT2D eigenvalue weighted by Gasteiger charge is 2.18. The first-order valence-electron chi connectivity index (χ1n) is 6.72. The minimum absolute atomic E-state index is 0.0302. The zero-order valence-corrected chi connectivity index (χ0v) is 11.4. The summed E-state index contributed by atoms with van der Waals surface area (Å²) in [5.74, 6) is 0.205. The van der Waals surface area contributed by atoms with Crippen molar-refractivity contribution in [2.24, 2.45) is 11.7 Å². The summed E-state index contributed by atoms with van der Waals surface area (Å²) >= 11 is 0. The molecule has 0 unspecified atom stereocenters. The Labute approximate surface area is 110 Å². The Balaban J connectivity index is 2.20. The summed E-state index contributed by atoms with van der Waals surface area (Å²) in [7, 11) is 0. The van der Waals surface area contributed by atoms with E-state index < -0.39 is 0 Å². The first kappa shape index (κ1) is 14.7. The summed E-state index contributed by atoms with van der Waals surface area (Å²) in [5, 5.41) is 2.90. The molecule has 0 aliphatic rings. The molecule has 0 aliphatic heterocycles. The maximum atomic E-state index is 11.7. The van der Waals surface area contributed by atoms with Gasteiger partial charge in [0.2, 0.25) is 5.91 Å². The van der Waals surface area contributed by atoms with Crippen LogP contribution in [0.1, 0.15) is 32.3 Å². The maximum absolute atomic E-state index is 11.7. The van der Waals surface area contributed by atoms with Gasteiger partial charge in [0.05, 0.1) is 6.04 Å². The van der Waals surface area contributed by atoms with Crippen molar-refractivity contribution in [3.63, 3.8) is 0 Å². The van der Waals surface area contributed by atoms with Crippen molar-refractivity contribution in [1.29, 1.82) is 0 Å². The number of carbonyl (C=O) groups is 1. The van der Waals surface area contributed by atoms with Gasteiger partial charge in [0, 0.05) is 6.54 Å². The van der Waals surface area contributed by atoms with Gasteiger partial charge in [0.25, 0.3) is 0 Å². The van der Waals surface area contributed by atoms with Crippen molar-refractivity contribution < 1.29 is 4.79 Å². The summed E-state index contributed by atoms with van der Waals surface area (Å²) in [6.45, 7) is 4.75. The third-order valence-corrected chi connectivity index (χ3v) is 3.34. The van der Waals surface area contributed by atoms with Gasteiger partial charge in [-0.3, -0.25) is 4.79 Å². The van der Waals surface area contributed by atoms with Gasteiger partial charge in [-0.05, 0) is 24.3 Å². The third kappa shape index (κ3) is 4.88. The molecule has 0 aliphatic carbocycles. The Bertz CT molecular complexity index is 351. The Morgan fingerprint density at radius 3 is 2.61 bits per heavy atom. The van der Waals surface area contributed by atoms with E-state index in [-0.39, 0.29) is 17.9 Å². The number of nitrogens with two attached hydrogens (primary N) is 1. The third-order valence-electron chi connectivity index (χ3n) is 3.34. The van der Waals surface area contributed by atoms with E-state index in [1.807, 2.05) is 32.0 Å². The molecule has 0 bridgehead atoms. The molecule has 0 radical (unpaired) electrons. The molecule has 1 amide bonds. The van der Waals surface area contributed by atoms with Gasteiger partial charge in [-0.2, -0.15) is 0 Å². The lowest BCUT2D eigenvalue weighted by molar-refractivity contribution is -0.123. The van der Waals surface area contributed by atoms with Crippen LogP contribution in [0.4, 0.5) is 0 Å². The minimum atomic E-state index is -0.383. The van der Waals surface area contributed by atoms with Gasteiger partial charge in [0.1, 0.15) is 0 Å². The average Bonchev–Trinajstić information content (AvgIpc) is 2.42. The fourth-order valence-electron chi connectivity index (χ4n) is 1.78. The number of nitrogens with one attached hydrogen (secondary N) is 1. The lowest BCUT2D eigenvalue weighted by Gasteiger charge is -2.17. The molecule has 0 fully saturated rings. The number of amides is 1. The predicted octanol–water partition coefficient (Wildman–Crippen LogP) is 2.11. The highest BCUT2D eigenvalue weighted by molar-refractivity contribution is 5.81. The Morgan fingerprint density at radius 1 is 1.33 bits per heavy atom. The van der Waals surface area contributed by atoms with E-state index in [2.05, 4.69) is 17.4 Å². The fourth-order valence-corrected chi connectivity index (χ4v) is 1.78. The number of hydrogen-bond acceptors (Lipinski definition) is 2. The second-order valence-corrected chi connectivity index (χ2v) is 4.79. The van der Waals surface area contributed by atoms with Crippen LogP contribution >= 0.6 is 0 Å². The largest absolute Gasteiger partial charge is 0.355 e. The van der Waals surface area contributed by atoms with Crippen molar-refractivity contribution >= 4 is 5.91 Å². The van der Waals surface area contributed by atoms with Crippen LogP contribution in [-0.4, -0.2) is 18.5 Å². The molecule has 1 aromatic carbocycles. The van der Waals surface area contributed by atoms with Gasteiger partial charge < -0.3 is 11.1 Å². The second kappa shape index (κ2) is 7.88. The molecule has 1 rings (SSSR count). The monoisotopic (exact) mass is 248 g/mol. The lowest BCUT2D eigenvalue weighted by atomic mass is 9.99. The predicted molar refractivity (Wildman–Crippen MR) is 75.2 cm³/mol. The van der Waals surface area contributed by atoms with E-state index in [9.17, 15) is 4.79 Å². The van der Waals surface area contributed by atoms with Crippen LogP contribution in [0.5, 0.6) is 0 Å². The van der Waals surface area contributed by atoms with E-state index in [1.54, 1.807) is 0 Å². The molecule has 0 heterocycles. The number of rotatable bonds is 7. The minimum Gasteiger partial charge on any atom is -0.355 e. The summed E-state index contributed by atoms with van der Waals surface area (Å²) in [4.78, 5) is 11.7. The Hall–Kier alpha value is -1.35. The lowest BCUT2D eigenvalue weighted by Crippen LogP contribution is -2.44. The SMILES string of the molecule is CC[C@H](C)[C@H](N)C(=O)NCCCc1ccccc1. The zero-order chi connectivity index (χ0) is 13.4. The van der Waals surface area contributed by atoms with Crippen LogP contribution in [-0.2, 0) is 11.2 Å². The molecule has 3 heteroatoms. The van der Waals surface area contributed by atoms with E-state index in [0.717, 1.165) is 19.3 Å². The summed E-state index contributed by atoms with van der Waals surface area (Å²) in [5.41, 5.74) is 7.16. The highest BCUT2D eigenvalue weighted by Crippen LogP contribution is 2.05. The van der Waals surface area contributed by atoms with Crippen molar-refractivity contribution in [2.75, 3.05) is 6.54 Å². The van der Waals surface area contributed by atoms with Crippen LogP contribution in [0, 0.1) is 5.92 Å². The molecule has 3 nitrogen and oxygen atoms in total. The first-order valence-corrected chi connectivity index (χ1v) is 6.72. The normalized spacial score (nSPS) is 13.9. The quantitative estimate of drug-likeness (QED) is 0.726. The zero-order valence-electron chi connectivity index (χ0n) is 11.4. The van der Waals surface area contributed by atoms with Gasteiger partial charge in [-0.15, -0.1) is 0 Å². The molecule has 0 spiro atoms. The molecule has 0 saturated carbocycles. The van der Waals surface area contributed by atoms with Crippen LogP contribution in [0.25, 0.3) is 0 Å². The van der Waals surface area contributed by atoms with E-state index in [1.165, 1.54) is 5.56 Å². The number of carbonyl (C=O) groups excluding carboxylic acids is 1. The molecule has 3 N–H and O–H groups in total. The Morgan fingerprint density at radius 2 is 2.00 bits per heavy atom. The van der Waals surface area contributed by atoms with Crippen molar-refractivity contribution in [1.82, 2.24) is 5.32 Å². The van der Waals surface area contributed by atoms with Gasteiger partial charge >= 0.3 is 0 Å². The molecule has 18 heavy (non-hydrogen) atoms. The van der Waals surface area contributed by atoms with Crippen LogP contribution < -0.4 is 11.1 Å². The van der Waals surface area contributed by atoms with Crippen LogP contribution in [0.2, 0.25) is 0 Å². The van der Waals surface area contributed by atoms with Gasteiger partial charge in [-0.1, -0.05) is 50.6 Å². The Kier molecular flexibility index (Phi) is 6.44. The summed E-state index contributed by atoms with van der Waals surface area (Å²) in [6, 6.07) is 9.90. The summed E-state index contributed by atoms with van der Waals surface area (Å²) in [6.07, 6.45) is 2.86. The van der Waals surface area contributed by atoms with Crippen molar-refractivity contribution in [3.8, 4) is 0 Å². The van der Waals surface area contributed by atoms with Crippen molar-refractivity contribution in [2.45, 2.75) is 39.2 Å². The average molecular weight is 248 g/mol. The van der Waals surface area contributed by atoms with E-state index in [0.29, 0.717) is 6.54 Å². The number of hydrogen-bond donors (Lipinski definition) is 2. The van der Waals surface area contributed by atoms with Crippen LogP contribution in [0.3, 0.4) is 0 Å². The topological polar surface area (TPSA) is 55.1 Å². The van der Waals surface area contributed by atoms with Gasteiger partial charge in [-0.25, -0.2) is 0 Å². The molecule has 0 saturated heterocycles. The first-order chi connectivity index (χ1) is 8.65. The summed E-state index contributed by atoms with van der Waals surface area (Å²) < 4.78 is 0. The molecular formula is C15H24N2O. The van der Waals surface area contributed by atoms with Crippen LogP contribution in [0.15, 0.2) is 30.3 Å². The number of aryl methyl sites for hydroxylation is 1. The fraction of sp³-hybridized carbons (Fsp3) is 0.533. The smallest absolute Gasteiger partial charge is 0.237 e. The standard InChI is InChI=1S/C15H24N2O/c1-3-12(2)14(16)15(18)17-11-7-10-13-8-5-4-6-9-13/h4-6,8-9,12,14H,3,7,10-11,16H2,1-2H3,(H,17,18)/t12-,14-/m0/s1. The maximum Gasteiger partial charge on any atom is 0.237 e. The second-order valence-electron chi connectivity index (χ2n) is 4.79. The van der Waals surface area contributed by atoms with E-state index >= 15 is 0 Å². The number of benzene rings is 1.